The molecule has 0 unspecified atom stereocenters. The molecule has 1 heterocycles. The largest absolute Gasteiger partial charge is 0.357 e. The molecular formula is C12H11BrCl2N4. The Kier molecular flexibility index (Phi) is 4.50. The minimum absolute atomic E-state index is 0.514. The second kappa shape index (κ2) is 5.94. The van der Waals surface area contributed by atoms with Crippen molar-refractivity contribution in [2.24, 2.45) is 0 Å². The molecule has 2 N–H and O–H groups in total. The van der Waals surface area contributed by atoms with Gasteiger partial charge in [0.05, 0.1) is 15.2 Å². The molecular weight excluding hydrogens is 351 g/mol. The Labute approximate surface area is 129 Å². The molecule has 0 fully saturated rings. The number of aryl methyl sites for hydroxylation is 1. The number of anilines is 3. The van der Waals surface area contributed by atoms with Gasteiger partial charge < -0.3 is 10.6 Å². The Hall–Kier alpha value is -1.04. The van der Waals surface area contributed by atoms with Crippen LogP contribution in [0.3, 0.4) is 0 Å². The van der Waals surface area contributed by atoms with Crippen molar-refractivity contribution in [3.8, 4) is 0 Å². The van der Waals surface area contributed by atoms with Crippen molar-refractivity contribution in [1.82, 2.24) is 9.97 Å². The SMILES string of the molecule is CNc1ncc(Br)c(Nc2cc(Cl)c(C)cc2Cl)n1. The maximum absolute atomic E-state index is 6.18. The summed E-state index contributed by atoms with van der Waals surface area (Å²) in [4.78, 5) is 8.38. The van der Waals surface area contributed by atoms with Gasteiger partial charge in [0.1, 0.15) is 5.82 Å². The minimum Gasteiger partial charge on any atom is -0.357 e. The van der Waals surface area contributed by atoms with Gasteiger partial charge in [-0.2, -0.15) is 4.98 Å². The van der Waals surface area contributed by atoms with Crippen LogP contribution in [0.4, 0.5) is 17.5 Å². The second-order valence-electron chi connectivity index (χ2n) is 3.85. The molecule has 100 valence electrons. The zero-order chi connectivity index (χ0) is 14.0. The van der Waals surface area contributed by atoms with E-state index in [1.165, 1.54) is 0 Å². The Bertz CT molecular complexity index is 619. The predicted molar refractivity (Wildman–Crippen MR) is 83.8 cm³/mol. The van der Waals surface area contributed by atoms with Gasteiger partial charge in [0.2, 0.25) is 5.95 Å². The molecule has 0 saturated heterocycles. The summed E-state index contributed by atoms with van der Waals surface area (Å²) < 4.78 is 0.735. The topological polar surface area (TPSA) is 49.8 Å². The molecule has 1 aromatic carbocycles. The lowest BCUT2D eigenvalue weighted by molar-refractivity contribution is 1.14. The molecule has 0 aliphatic rings. The van der Waals surface area contributed by atoms with E-state index in [0.717, 1.165) is 10.0 Å². The van der Waals surface area contributed by atoms with Gasteiger partial charge in [-0.3, -0.25) is 0 Å². The molecule has 1 aromatic heterocycles. The van der Waals surface area contributed by atoms with E-state index >= 15 is 0 Å². The first-order valence-electron chi connectivity index (χ1n) is 5.44. The molecule has 7 heteroatoms. The van der Waals surface area contributed by atoms with Gasteiger partial charge in [-0.25, -0.2) is 4.98 Å². The van der Waals surface area contributed by atoms with Crippen LogP contribution in [-0.4, -0.2) is 17.0 Å². The minimum atomic E-state index is 0.514. The third-order valence-electron chi connectivity index (χ3n) is 2.47. The van der Waals surface area contributed by atoms with E-state index in [9.17, 15) is 0 Å². The van der Waals surface area contributed by atoms with Crippen LogP contribution in [0, 0.1) is 6.92 Å². The maximum Gasteiger partial charge on any atom is 0.224 e. The van der Waals surface area contributed by atoms with Crippen LogP contribution in [0.25, 0.3) is 0 Å². The standard InChI is InChI=1S/C12H11BrCl2N4/c1-6-3-9(15)10(4-8(6)14)18-11-7(13)5-17-12(16-2)19-11/h3-5H,1-2H3,(H2,16,17,18,19). The molecule has 0 saturated carbocycles. The van der Waals surface area contributed by atoms with Crippen molar-refractivity contribution >= 4 is 56.6 Å². The molecule has 2 rings (SSSR count). The van der Waals surface area contributed by atoms with E-state index in [4.69, 9.17) is 23.2 Å². The average Bonchev–Trinajstić information content (AvgIpc) is 2.38. The molecule has 2 aromatic rings. The number of rotatable bonds is 3. The average molecular weight is 362 g/mol. The summed E-state index contributed by atoms with van der Waals surface area (Å²) >= 11 is 15.7. The van der Waals surface area contributed by atoms with Gasteiger partial charge in [-0.1, -0.05) is 23.2 Å². The van der Waals surface area contributed by atoms with Crippen molar-refractivity contribution in [3.63, 3.8) is 0 Å². The fourth-order valence-corrected chi connectivity index (χ4v) is 2.16. The summed E-state index contributed by atoms with van der Waals surface area (Å²) in [5, 5.41) is 7.23. The van der Waals surface area contributed by atoms with Gasteiger partial charge >= 0.3 is 0 Å². The Morgan fingerprint density at radius 3 is 2.63 bits per heavy atom. The van der Waals surface area contributed by atoms with Gasteiger partial charge in [-0.05, 0) is 40.5 Å². The van der Waals surface area contributed by atoms with E-state index in [1.54, 1.807) is 25.4 Å². The van der Waals surface area contributed by atoms with E-state index in [0.29, 0.717) is 27.5 Å². The zero-order valence-electron chi connectivity index (χ0n) is 10.3. The number of halogens is 3. The second-order valence-corrected chi connectivity index (χ2v) is 5.52. The van der Waals surface area contributed by atoms with E-state index in [-0.39, 0.29) is 0 Å². The third kappa shape index (κ3) is 3.29. The Balaban J connectivity index is 2.38. The molecule has 0 atom stereocenters. The van der Waals surface area contributed by atoms with Crippen LogP contribution in [0.15, 0.2) is 22.8 Å². The lowest BCUT2D eigenvalue weighted by Gasteiger charge is -2.11. The first kappa shape index (κ1) is 14.4. The van der Waals surface area contributed by atoms with Gasteiger partial charge in [0.25, 0.3) is 0 Å². The van der Waals surface area contributed by atoms with E-state index in [1.807, 2.05) is 6.92 Å². The van der Waals surface area contributed by atoms with Gasteiger partial charge in [-0.15, -0.1) is 0 Å². The van der Waals surface area contributed by atoms with Crippen molar-refractivity contribution < 1.29 is 0 Å². The summed E-state index contributed by atoms with van der Waals surface area (Å²) in [6.07, 6.45) is 1.66. The van der Waals surface area contributed by atoms with Crippen LogP contribution in [0.5, 0.6) is 0 Å². The highest BCUT2D eigenvalue weighted by molar-refractivity contribution is 9.10. The normalized spacial score (nSPS) is 10.4. The molecule has 0 amide bonds. The highest BCUT2D eigenvalue weighted by Gasteiger charge is 2.09. The summed E-state index contributed by atoms with van der Waals surface area (Å²) in [5.41, 5.74) is 1.62. The number of benzene rings is 1. The monoisotopic (exact) mass is 360 g/mol. The summed E-state index contributed by atoms with van der Waals surface area (Å²) in [6.45, 7) is 1.90. The Morgan fingerprint density at radius 1 is 1.21 bits per heavy atom. The lowest BCUT2D eigenvalue weighted by atomic mass is 10.2. The number of aromatic nitrogens is 2. The number of hydrogen-bond donors (Lipinski definition) is 2. The number of nitrogens with zero attached hydrogens (tertiary/aromatic N) is 2. The molecule has 4 nitrogen and oxygen atoms in total. The Morgan fingerprint density at radius 2 is 1.95 bits per heavy atom. The number of hydrogen-bond acceptors (Lipinski definition) is 4. The van der Waals surface area contributed by atoms with Crippen molar-refractivity contribution in [2.75, 3.05) is 17.7 Å². The maximum atomic E-state index is 6.18. The van der Waals surface area contributed by atoms with Crippen molar-refractivity contribution in [3.05, 3.63) is 38.4 Å². The number of nitrogens with one attached hydrogen (secondary N) is 2. The molecule has 0 bridgehead atoms. The fourth-order valence-electron chi connectivity index (χ4n) is 1.44. The molecule has 0 radical (unpaired) electrons. The highest BCUT2D eigenvalue weighted by Crippen LogP contribution is 2.32. The molecule has 0 aliphatic heterocycles. The molecule has 0 aliphatic carbocycles. The van der Waals surface area contributed by atoms with E-state index in [2.05, 4.69) is 36.5 Å². The summed E-state index contributed by atoms with van der Waals surface area (Å²) in [7, 11) is 1.75. The molecule has 19 heavy (non-hydrogen) atoms. The van der Waals surface area contributed by atoms with Gasteiger partial charge in [0, 0.05) is 18.3 Å². The van der Waals surface area contributed by atoms with Crippen LogP contribution >= 0.6 is 39.1 Å². The smallest absolute Gasteiger partial charge is 0.224 e. The van der Waals surface area contributed by atoms with E-state index < -0.39 is 0 Å². The first-order chi connectivity index (χ1) is 9.01. The quantitative estimate of drug-likeness (QED) is 0.836. The van der Waals surface area contributed by atoms with Crippen LogP contribution in [0.2, 0.25) is 10.0 Å². The van der Waals surface area contributed by atoms with Crippen LogP contribution in [0.1, 0.15) is 5.56 Å². The van der Waals surface area contributed by atoms with Crippen molar-refractivity contribution in [2.45, 2.75) is 6.92 Å². The van der Waals surface area contributed by atoms with Crippen molar-refractivity contribution in [1.29, 1.82) is 0 Å². The zero-order valence-corrected chi connectivity index (χ0v) is 13.4. The van der Waals surface area contributed by atoms with Crippen LogP contribution in [-0.2, 0) is 0 Å². The lowest BCUT2D eigenvalue weighted by Crippen LogP contribution is -2.01. The highest BCUT2D eigenvalue weighted by atomic mass is 79.9. The summed E-state index contributed by atoms with van der Waals surface area (Å²) in [5.74, 6) is 1.13. The fraction of sp³-hybridized carbons (Fsp3) is 0.167. The predicted octanol–water partition coefficient (Wildman–Crippen LogP) is 4.64. The first-order valence-corrected chi connectivity index (χ1v) is 6.99. The van der Waals surface area contributed by atoms with Crippen LogP contribution < -0.4 is 10.6 Å². The molecule has 0 spiro atoms. The third-order valence-corrected chi connectivity index (χ3v) is 3.77. The van der Waals surface area contributed by atoms with Gasteiger partial charge in [0.15, 0.2) is 0 Å². The summed E-state index contributed by atoms with van der Waals surface area (Å²) in [6, 6.07) is 3.58.